The van der Waals surface area contributed by atoms with E-state index in [1.54, 1.807) is 23.2 Å². The summed E-state index contributed by atoms with van der Waals surface area (Å²) in [6.45, 7) is 2.03. The SMILES string of the molecule is CCC(=CC=CCc1ccncc1)n1ccc(=O)c(O)c1. The van der Waals surface area contributed by atoms with Crippen LogP contribution in [0.1, 0.15) is 18.9 Å². The summed E-state index contributed by atoms with van der Waals surface area (Å²) in [7, 11) is 0. The molecule has 0 saturated carbocycles. The molecule has 4 nitrogen and oxygen atoms in total. The molecule has 21 heavy (non-hydrogen) atoms. The Labute approximate surface area is 123 Å². The lowest BCUT2D eigenvalue weighted by molar-refractivity contribution is 0.465. The van der Waals surface area contributed by atoms with Crippen LogP contribution < -0.4 is 5.43 Å². The molecule has 0 spiro atoms. The van der Waals surface area contributed by atoms with E-state index < -0.39 is 0 Å². The summed E-state index contributed by atoms with van der Waals surface area (Å²) in [5.41, 5.74) is 1.83. The van der Waals surface area contributed by atoms with Crippen molar-refractivity contribution in [3.05, 3.63) is 77.0 Å². The average molecular weight is 282 g/mol. The minimum absolute atomic E-state index is 0.238. The maximum absolute atomic E-state index is 11.2. The smallest absolute Gasteiger partial charge is 0.223 e. The van der Waals surface area contributed by atoms with Gasteiger partial charge in [0.05, 0.1) is 6.20 Å². The molecule has 0 radical (unpaired) electrons. The molecule has 0 aliphatic heterocycles. The average Bonchev–Trinajstić information content (AvgIpc) is 2.51. The van der Waals surface area contributed by atoms with Gasteiger partial charge in [-0.3, -0.25) is 9.78 Å². The van der Waals surface area contributed by atoms with Gasteiger partial charge in [-0.1, -0.05) is 19.1 Å². The van der Waals surface area contributed by atoms with Crippen LogP contribution in [0.3, 0.4) is 0 Å². The maximum Gasteiger partial charge on any atom is 0.223 e. The highest BCUT2D eigenvalue weighted by atomic mass is 16.3. The minimum Gasteiger partial charge on any atom is -0.503 e. The van der Waals surface area contributed by atoms with Crippen LogP contribution in [0.4, 0.5) is 0 Å². The fourth-order valence-corrected chi connectivity index (χ4v) is 1.94. The Kier molecular flexibility index (Phi) is 5.10. The lowest BCUT2D eigenvalue weighted by Gasteiger charge is -2.08. The molecule has 0 aliphatic carbocycles. The zero-order chi connectivity index (χ0) is 15.1. The van der Waals surface area contributed by atoms with Crippen LogP contribution in [0.2, 0.25) is 0 Å². The van der Waals surface area contributed by atoms with Gasteiger partial charge in [0.1, 0.15) is 0 Å². The number of rotatable bonds is 5. The van der Waals surface area contributed by atoms with E-state index in [0.717, 1.165) is 18.5 Å². The molecule has 0 aliphatic rings. The Balaban J connectivity index is 2.09. The van der Waals surface area contributed by atoms with Gasteiger partial charge in [0, 0.05) is 30.4 Å². The second kappa shape index (κ2) is 7.24. The number of allylic oxidation sites excluding steroid dienone is 4. The first kappa shape index (κ1) is 14.8. The van der Waals surface area contributed by atoms with Crippen LogP contribution in [-0.2, 0) is 6.42 Å². The van der Waals surface area contributed by atoms with E-state index in [-0.39, 0.29) is 11.2 Å². The Morgan fingerprint density at radius 3 is 2.76 bits per heavy atom. The van der Waals surface area contributed by atoms with Crippen molar-refractivity contribution in [3.8, 4) is 5.75 Å². The van der Waals surface area contributed by atoms with E-state index in [2.05, 4.69) is 11.1 Å². The normalized spacial score (nSPS) is 12.0. The van der Waals surface area contributed by atoms with Gasteiger partial charge in [0.25, 0.3) is 0 Å². The molecule has 0 atom stereocenters. The molecule has 4 heteroatoms. The lowest BCUT2D eigenvalue weighted by atomic mass is 10.2. The molecule has 108 valence electrons. The van der Waals surface area contributed by atoms with E-state index in [0.29, 0.717) is 0 Å². The summed E-state index contributed by atoms with van der Waals surface area (Å²) in [5.74, 6) is -0.238. The predicted octanol–water partition coefficient (Wildman–Crippen LogP) is 3.00. The van der Waals surface area contributed by atoms with Crippen LogP contribution in [0.25, 0.3) is 5.70 Å². The summed E-state index contributed by atoms with van der Waals surface area (Å²) < 4.78 is 1.76. The molecule has 0 aromatic carbocycles. The monoisotopic (exact) mass is 282 g/mol. The number of hydrogen-bond donors (Lipinski definition) is 1. The molecule has 1 N–H and O–H groups in total. The van der Waals surface area contributed by atoms with Crippen LogP contribution in [0.5, 0.6) is 5.75 Å². The van der Waals surface area contributed by atoms with Crippen molar-refractivity contribution >= 4 is 5.70 Å². The number of hydrogen-bond acceptors (Lipinski definition) is 3. The highest BCUT2D eigenvalue weighted by Crippen LogP contribution is 2.11. The molecular formula is C17H18N2O2. The maximum atomic E-state index is 11.2. The van der Waals surface area contributed by atoms with Crippen molar-refractivity contribution in [2.45, 2.75) is 19.8 Å². The standard InChI is InChI=1S/C17H18N2O2/c1-2-15(19-12-9-16(20)17(21)13-19)6-4-3-5-14-7-10-18-11-8-14/h3-4,6-13,21H,2,5H2,1H3. The van der Waals surface area contributed by atoms with Crippen molar-refractivity contribution in [3.63, 3.8) is 0 Å². The Morgan fingerprint density at radius 1 is 1.33 bits per heavy atom. The van der Waals surface area contributed by atoms with Gasteiger partial charge >= 0.3 is 0 Å². The van der Waals surface area contributed by atoms with Gasteiger partial charge in [0.2, 0.25) is 5.43 Å². The third-order valence-corrected chi connectivity index (χ3v) is 3.12. The summed E-state index contributed by atoms with van der Waals surface area (Å²) in [6, 6.07) is 5.32. The van der Waals surface area contributed by atoms with Crippen LogP contribution in [0, 0.1) is 0 Å². The molecule has 0 unspecified atom stereocenters. The molecule has 0 bridgehead atoms. The van der Waals surface area contributed by atoms with Crippen molar-refractivity contribution < 1.29 is 5.11 Å². The Hall–Kier alpha value is -2.62. The molecule has 2 rings (SSSR count). The summed E-state index contributed by atoms with van der Waals surface area (Å²) in [6.07, 6.45) is 14.3. The first-order chi connectivity index (χ1) is 10.2. The Morgan fingerprint density at radius 2 is 2.10 bits per heavy atom. The van der Waals surface area contributed by atoms with Gasteiger partial charge in [-0.15, -0.1) is 0 Å². The number of aromatic hydroxyl groups is 1. The second-order valence-corrected chi connectivity index (χ2v) is 4.60. The highest BCUT2D eigenvalue weighted by molar-refractivity contribution is 5.48. The largest absolute Gasteiger partial charge is 0.503 e. The molecule has 2 aromatic heterocycles. The van der Waals surface area contributed by atoms with Crippen LogP contribution in [-0.4, -0.2) is 14.7 Å². The number of nitrogens with zero attached hydrogens (tertiary/aromatic N) is 2. The molecule has 0 amide bonds. The molecule has 0 fully saturated rings. The molecular weight excluding hydrogens is 264 g/mol. The lowest BCUT2D eigenvalue weighted by Crippen LogP contribution is -2.04. The van der Waals surface area contributed by atoms with Crippen molar-refractivity contribution in [2.75, 3.05) is 0 Å². The first-order valence-corrected chi connectivity index (χ1v) is 6.87. The van der Waals surface area contributed by atoms with Crippen molar-refractivity contribution in [2.24, 2.45) is 0 Å². The molecule has 2 heterocycles. The Bertz CT molecular complexity index is 700. The van der Waals surface area contributed by atoms with Crippen molar-refractivity contribution in [1.82, 2.24) is 9.55 Å². The van der Waals surface area contributed by atoms with E-state index in [9.17, 15) is 9.90 Å². The van der Waals surface area contributed by atoms with E-state index >= 15 is 0 Å². The van der Waals surface area contributed by atoms with Gasteiger partial charge < -0.3 is 9.67 Å². The summed E-state index contributed by atoms with van der Waals surface area (Å²) >= 11 is 0. The number of aromatic nitrogens is 2. The zero-order valence-corrected chi connectivity index (χ0v) is 11.9. The first-order valence-electron chi connectivity index (χ1n) is 6.87. The zero-order valence-electron chi connectivity index (χ0n) is 11.9. The van der Waals surface area contributed by atoms with E-state index in [1.807, 2.05) is 31.2 Å². The van der Waals surface area contributed by atoms with Crippen molar-refractivity contribution in [1.29, 1.82) is 0 Å². The van der Waals surface area contributed by atoms with Crippen LogP contribution in [0.15, 0.2) is 66.0 Å². The topological polar surface area (TPSA) is 55.1 Å². The quantitative estimate of drug-likeness (QED) is 0.858. The summed E-state index contributed by atoms with van der Waals surface area (Å²) in [4.78, 5) is 15.2. The van der Waals surface area contributed by atoms with Gasteiger partial charge in [-0.2, -0.15) is 0 Å². The summed E-state index contributed by atoms with van der Waals surface area (Å²) in [5, 5.41) is 9.48. The third-order valence-electron chi connectivity index (χ3n) is 3.12. The molecule has 2 aromatic rings. The third kappa shape index (κ3) is 4.18. The van der Waals surface area contributed by atoms with E-state index in [1.165, 1.54) is 17.8 Å². The van der Waals surface area contributed by atoms with Crippen LogP contribution >= 0.6 is 0 Å². The van der Waals surface area contributed by atoms with Gasteiger partial charge in [0.15, 0.2) is 5.75 Å². The number of pyridine rings is 2. The fraction of sp³-hybridized carbons (Fsp3) is 0.176. The minimum atomic E-state index is -0.366. The van der Waals surface area contributed by atoms with E-state index in [4.69, 9.17) is 0 Å². The fourth-order valence-electron chi connectivity index (χ4n) is 1.94. The predicted molar refractivity (Wildman–Crippen MR) is 84.0 cm³/mol. The highest BCUT2D eigenvalue weighted by Gasteiger charge is 1.99. The van der Waals surface area contributed by atoms with Gasteiger partial charge in [-0.05, 0) is 36.6 Å². The van der Waals surface area contributed by atoms with Gasteiger partial charge in [-0.25, -0.2) is 0 Å². The molecule has 0 saturated heterocycles. The second-order valence-electron chi connectivity index (χ2n) is 4.60.